The first-order valence-corrected chi connectivity index (χ1v) is 7.14. The molecule has 0 spiro atoms. The van der Waals surface area contributed by atoms with Gasteiger partial charge in [0.25, 0.3) is 0 Å². The van der Waals surface area contributed by atoms with Gasteiger partial charge in [0, 0.05) is 5.39 Å². The minimum absolute atomic E-state index is 0.349. The lowest BCUT2D eigenvalue weighted by molar-refractivity contribution is 0.0698. The van der Waals surface area contributed by atoms with Crippen LogP contribution in [0.5, 0.6) is 0 Å². The number of thiophene rings is 1. The quantitative estimate of drug-likeness (QED) is 0.763. The van der Waals surface area contributed by atoms with E-state index in [2.05, 4.69) is 4.98 Å². The number of aryl methyl sites for hydroxylation is 1. The topological polar surface area (TPSA) is 50.2 Å². The molecule has 0 fully saturated rings. The maximum absolute atomic E-state index is 11.6. The number of hydrogen-bond donors (Lipinski definition) is 1. The van der Waals surface area contributed by atoms with Crippen molar-refractivity contribution in [3.8, 4) is 10.6 Å². The van der Waals surface area contributed by atoms with Crippen LogP contribution in [0.2, 0.25) is 0 Å². The first-order valence-electron chi connectivity index (χ1n) is 6.26. The monoisotopic (exact) mass is 283 g/mol. The van der Waals surface area contributed by atoms with Gasteiger partial charge in [0.05, 0.1) is 21.7 Å². The van der Waals surface area contributed by atoms with Crippen LogP contribution in [0.25, 0.3) is 21.5 Å². The van der Waals surface area contributed by atoms with Gasteiger partial charge < -0.3 is 5.11 Å². The third-order valence-corrected chi connectivity index (χ3v) is 4.23. The summed E-state index contributed by atoms with van der Waals surface area (Å²) in [7, 11) is 0. The molecule has 0 amide bonds. The lowest BCUT2D eigenvalue weighted by Crippen LogP contribution is -2.04. The molecule has 3 aromatic rings. The molecule has 0 aliphatic carbocycles. The molecule has 0 radical (unpaired) electrons. The van der Waals surface area contributed by atoms with Crippen molar-refractivity contribution in [2.45, 2.75) is 13.8 Å². The summed E-state index contributed by atoms with van der Waals surface area (Å²) in [5.41, 5.74) is 3.58. The van der Waals surface area contributed by atoms with E-state index in [0.717, 1.165) is 27.2 Å². The van der Waals surface area contributed by atoms with Crippen LogP contribution < -0.4 is 0 Å². The Hall–Kier alpha value is -2.20. The molecule has 0 aliphatic heterocycles. The molecule has 4 heteroatoms. The van der Waals surface area contributed by atoms with Crippen LogP contribution >= 0.6 is 11.3 Å². The molecule has 1 N–H and O–H groups in total. The number of pyridine rings is 1. The maximum atomic E-state index is 11.6. The van der Waals surface area contributed by atoms with Crippen LogP contribution in [-0.4, -0.2) is 16.1 Å². The second-order valence-electron chi connectivity index (χ2n) is 4.76. The van der Waals surface area contributed by atoms with Gasteiger partial charge in [-0.05, 0) is 43.0 Å². The highest BCUT2D eigenvalue weighted by molar-refractivity contribution is 7.13. The average molecular weight is 283 g/mol. The molecule has 2 aromatic heterocycles. The van der Waals surface area contributed by atoms with Crippen LogP contribution in [0.4, 0.5) is 0 Å². The van der Waals surface area contributed by atoms with Crippen LogP contribution in [0, 0.1) is 13.8 Å². The fraction of sp³-hybridized carbons (Fsp3) is 0.125. The number of nitrogens with zero attached hydrogens (tertiary/aromatic N) is 1. The summed E-state index contributed by atoms with van der Waals surface area (Å²) >= 11 is 1.57. The molecular formula is C16H13NO2S. The van der Waals surface area contributed by atoms with Crippen LogP contribution in [0.15, 0.2) is 35.7 Å². The summed E-state index contributed by atoms with van der Waals surface area (Å²) in [4.78, 5) is 17.3. The number of rotatable bonds is 2. The van der Waals surface area contributed by atoms with Crippen LogP contribution in [0.1, 0.15) is 21.5 Å². The summed E-state index contributed by atoms with van der Waals surface area (Å²) in [6.45, 7) is 3.78. The second kappa shape index (κ2) is 4.72. The molecule has 3 nitrogen and oxygen atoms in total. The van der Waals surface area contributed by atoms with Crippen LogP contribution in [0.3, 0.4) is 0 Å². The van der Waals surface area contributed by atoms with Gasteiger partial charge in [-0.15, -0.1) is 11.3 Å². The number of carbonyl (C=O) groups is 1. The van der Waals surface area contributed by atoms with Gasteiger partial charge in [-0.3, -0.25) is 0 Å². The van der Waals surface area contributed by atoms with Crippen molar-refractivity contribution in [3.63, 3.8) is 0 Å². The third kappa shape index (κ3) is 1.98. The molecule has 0 atom stereocenters. The van der Waals surface area contributed by atoms with E-state index in [1.165, 1.54) is 0 Å². The summed E-state index contributed by atoms with van der Waals surface area (Å²) in [5, 5.41) is 12.2. The minimum Gasteiger partial charge on any atom is -0.478 e. The second-order valence-corrected chi connectivity index (χ2v) is 5.71. The Morgan fingerprint density at radius 1 is 1.25 bits per heavy atom. The third-order valence-electron chi connectivity index (χ3n) is 3.35. The number of fused-ring (bicyclic) bond motifs is 1. The van der Waals surface area contributed by atoms with Crippen molar-refractivity contribution in [1.29, 1.82) is 0 Å². The highest BCUT2D eigenvalue weighted by atomic mass is 32.1. The van der Waals surface area contributed by atoms with Gasteiger partial charge in [0.15, 0.2) is 0 Å². The highest BCUT2D eigenvalue weighted by Crippen LogP contribution is 2.32. The zero-order valence-corrected chi connectivity index (χ0v) is 12.0. The number of hydrogen-bond acceptors (Lipinski definition) is 3. The van der Waals surface area contributed by atoms with E-state index in [1.54, 1.807) is 11.3 Å². The summed E-state index contributed by atoms with van der Waals surface area (Å²) in [5.74, 6) is -0.904. The number of carboxylic acid groups (broad SMARTS) is 1. The van der Waals surface area contributed by atoms with Gasteiger partial charge in [-0.25, -0.2) is 9.78 Å². The van der Waals surface area contributed by atoms with Crippen molar-refractivity contribution in [3.05, 3.63) is 52.4 Å². The van der Waals surface area contributed by atoms with E-state index in [1.807, 2.05) is 49.6 Å². The molecule has 2 heterocycles. The Bertz CT molecular complexity index is 807. The molecule has 0 saturated carbocycles. The molecule has 0 bridgehead atoms. The smallest absolute Gasteiger partial charge is 0.336 e. The van der Waals surface area contributed by atoms with Gasteiger partial charge >= 0.3 is 5.97 Å². The van der Waals surface area contributed by atoms with Crippen molar-refractivity contribution in [2.75, 3.05) is 0 Å². The first-order chi connectivity index (χ1) is 9.58. The molecule has 0 unspecified atom stereocenters. The standard InChI is InChI=1S/C16H13NO2S/c1-9-5-6-12-11(8-9)14(16(18)19)10(2)15(17-12)13-4-3-7-20-13/h3-8H,1-2H3,(H,18,19). The molecule has 0 aliphatic rings. The van der Waals surface area contributed by atoms with Crippen molar-refractivity contribution >= 4 is 28.2 Å². The summed E-state index contributed by atoms with van der Waals surface area (Å²) in [6, 6.07) is 9.63. The minimum atomic E-state index is -0.904. The fourth-order valence-electron chi connectivity index (χ4n) is 2.40. The Morgan fingerprint density at radius 2 is 2.05 bits per heavy atom. The summed E-state index contributed by atoms with van der Waals surface area (Å²) < 4.78 is 0. The van der Waals surface area contributed by atoms with Gasteiger partial charge in [-0.2, -0.15) is 0 Å². The highest BCUT2D eigenvalue weighted by Gasteiger charge is 2.18. The number of benzene rings is 1. The normalized spacial score (nSPS) is 10.9. The number of carboxylic acids is 1. The van der Waals surface area contributed by atoms with E-state index in [-0.39, 0.29) is 0 Å². The predicted octanol–water partition coefficient (Wildman–Crippen LogP) is 4.28. The largest absolute Gasteiger partial charge is 0.478 e. The van der Waals surface area contributed by atoms with Crippen molar-refractivity contribution in [2.24, 2.45) is 0 Å². The molecule has 100 valence electrons. The average Bonchev–Trinajstić information content (AvgIpc) is 2.91. The number of aromatic nitrogens is 1. The zero-order chi connectivity index (χ0) is 14.3. The Balaban J connectivity index is 2.43. The zero-order valence-electron chi connectivity index (χ0n) is 11.2. The lowest BCUT2D eigenvalue weighted by Gasteiger charge is -2.11. The molecule has 0 saturated heterocycles. The molecule has 1 aromatic carbocycles. The maximum Gasteiger partial charge on any atom is 0.336 e. The Kier molecular flexibility index (Phi) is 3.03. The van der Waals surface area contributed by atoms with Gasteiger partial charge in [0.1, 0.15) is 0 Å². The molecular weight excluding hydrogens is 270 g/mol. The van der Waals surface area contributed by atoms with Gasteiger partial charge in [0.2, 0.25) is 0 Å². The molecule has 20 heavy (non-hydrogen) atoms. The van der Waals surface area contributed by atoms with E-state index >= 15 is 0 Å². The van der Waals surface area contributed by atoms with E-state index in [4.69, 9.17) is 0 Å². The van der Waals surface area contributed by atoms with Gasteiger partial charge in [-0.1, -0.05) is 17.7 Å². The lowest BCUT2D eigenvalue weighted by atomic mass is 9.99. The summed E-state index contributed by atoms with van der Waals surface area (Å²) in [6.07, 6.45) is 0. The van der Waals surface area contributed by atoms with E-state index in [0.29, 0.717) is 10.9 Å². The van der Waals surface area contributed by atoms with Crippen molar-refractivity contribution < 1.29 is 9.90 Å². The van der Waals surface area contributed by atoms with E-state index in [9.17, 15) is 9.90 Å². The Labute approximate surface area is 120 Å². The predicted molar refractivity (Wildman–Crippen MR) is 81.5 cm³/mol. The molecule has 3 rings (SSSR count). The Morgan fingerprint density at radius 3 is 2.70 bits per heavy atom. The van der Waals surface area contributed by atoms with Crippen molar-refractivity contribution in [1.82, 2.24) is 4.98 Å². The SMILES string of the molecule is Cc1ccc2nc(-c3cccs3)c(C)c(C(=O)O)c2c1. The first kappa shape index (κ1) is 12.8. The van der Waals surface area contributed by atoms with E-state index < -0.39 is 5.97 Å². The van der Waals surface area contributed by atoms with Crippen LogP contribution in [-0.2, 0) is 0 Å². The fourth-order valence-corrected chi connectivity index (χ4v) is 3.17. The number of aromatic carboxylic acids is 1.